The summed E-state index contributed by atoms with van der Waals surface area (Å²) in [4.78, 5) is 20.0. The highest BCUT2D eigenvalue weighted by Gasteiger charge is 2.17. The summed E-state index contributed by atoms with van der Waals surface area (Å²) >= 11 is 1.65. The summed E-state index contributed by atoms with van der Waals surface area (Å²) in [5.74, 6) is 1.66. The van der Waals surface area contributed by atoms with E-state index in [0.29, 0.717) is 17.7 Å². The van der Waals surface area contributed by atoms with Crippen LogP contribution in [-0.4, -0.2) is 21.4 Å². The molecule has 2 aromatic heterocycles. The zero-order valence-corrected chi connectivity index (χ0v) is 17.8. The summed E-state index contributed by atoms with van der Waals surface area (Å²) in [5.41, 5.74) is 2.61. The van der Waals surface area contributed by atoms with Crippen molar-refractivity contribution in [1.29, 1.82) is 0 Å². The molecule has 152 valence electrons. The highest BCUT2D eigenvalue weighted by atomic mass is 32.1. The number of rotatable bonds is 8. The average Bonchev–Trinajstić information content (AvgIpc) is 3.17. The van der Waals surface area contributed by atoms with Crippen molar-refractivity contribution in [2.24, 2.45) is 5.92 Å². The number of thiazole rings is 1. The maximum Gasteiger partial charge on any atom is 0.311 e. The van der Waals surface area contributed by atoms with Crippen molar-refractivity contribution in [2.45, 2.75) is 33.6 Å². The molecule has 0 radical (unpaired) electrons. The van der Waals surface area contributed by atoms with Crippen LogP contribution in [-0.2, 0) is 0 Å². The van der Waals surface area contributed by atoms with Gasteiger partial charge in [-0.25, -0.2) is 9.97 Å². The van der Waals surface area contributed by atoms with Crippen LogP contribution in [0.5, 0.6) is 0 Å². The van der Waals surface area contributed by atoms with Crippen LogP contribution in [0.15, 0.2) is 41.8 Å². The van der Waals surface area contributed by atoms with E-state index in [9.17, 15) is 10.1 Å². The number of hydrogen-bond acceptors (Lipinski definition) is 7. The second-order valence-corrected chi connectivity index (χ2v) is 8.41. The molecule has 0 bridgehead atoms. The fraction of sp³-hybridized carbons (Fsp3) is 0.333. The van der Waals surface area contributed by atoms with Crippen molar-refractivity contribution in [3.8, 4) is 11.3 Å². The van der Waals surface area contributed by atoms with Crippen LogP contribution in [0.4, 0.5) is 23.0 Å². The van der Waals surface area contributed by atoms with Gasteiger partial charge < -0.3 is 10.6 Å². The van der Waals surface area contributed by atoms with E-state index in [1.807, 2.05) is 29.6 Å². The van der Waals surface area contributed by atoms with Gasteiger partial charge in [-0.2, -0.15) is 0 Å². The lowest BCUT2D eigenvalue weighted by molar-refractivity contribution is -0.384. The number of nitrogens with one attached hydrogen (secondary N) is 2. The predicted molar refractivity (Wildman–Crippen MR) is 119 cm³/mol. The van der Waals surface area contributed by atoms with Crippen LogP contribution in [0.3, 0.4) is 0 Å². The number of nitro groups is 1. The Balaban J connectivity index is 1.80. The summed E-state index contributed by atoms with van der Waals surface area (Å²) in [7, 11) is 0. The molecule has 0 aliphatic carbocycles. The van der Waals surface area contributed by atoms with Crippen LogP contribution >= 0.6 is 11.3 Å². The van der Waals surface area contributed by atoms with Crippen molar-refractivity contribution in [2.75, 3.05) is 17.2 Å². The molecule has 0 spiro atoms. The average molecular weight is 412 g/mol. The van der Waals surface area contributed by atoms with Gasteiger partial charge in [-0.05, 0) is 24.1 Å². The Labute approximate surface area is 174 Å². The molecule has 0 amide bonds. The minimum atomic E-state index is -0.432. The Kier molecular flexibility index (Phi) is 6.43. The van der Waals surface area contributed by atoms with Crippen LogP contribution in [0, 0.1) is 16.0 Å². The van der Waals surface area contributed by atoms with Gasteiger partial charge in [0, 0.05) is 35.2 Å². The molecule has 29 heavy (non-hydrogen) atoms. The lowest BCUT2D eigenvalue weighted by Gasteiger charge is -2.11. The van der Waals surface area contributed by atoms with E-state index in [0.717, 1.165) is 28.5 Å². The van der Waals surface area contributed by atoms with Crippen molar-refractivity contribution in [1.82, 2.24) is 9.97 Å². The molecular weight excluding hydrogens is 386 g/mol. The number of aromatic nitrogens is 2. The maximum atomic E-state index is 11.4. The minimum Gasteiger partial charge on any atom is -0.370 e. The smallest absolute Gasteiger partial charge is 0.311 e. The second-order valence-electron chi connectivity index (χ2n) is 7.52. The van der Waals surface area contributed by atoms with E-state index in [1.54, 1.807) is 17.4 Å². The third-order valence-corrected chi connectivity index (χ3v) is 5.37. The Morgan fingerprint density at radius 1 is 1.07 bits per heavy atom. The standard InChI is InChI=1S/C21H25N5O2S/c1-13(2)11-22-19-10-9-18(26(27)28)20(25-19)23-16-7-5-15(6-8-16)17-12-29-21(24-17)14(3)4/h5-10,12-14H,11H2,1-4H3,(H2,22,23,25). The van der Waals surface area contributed by atoms with Gasteiger partial charge in [0.25, 0.3) is 0 Å². The third kappa shape index (κ3) is 5.29. The van der Waals surface area contributed by atoms with E-state index in [2.05, 4.69) is 48.3 Å². The molecule has 7 nitrogen and oxygen atoms in total. The van der Waals surface area contributed by atoms with Gasteiger partial charge in [0.2, 0.25) is 5.82 Å². The number of benzene rings is 1. The summed E-state index contributed by atoms with van der Waals surface area (Å²) in [5, 5.41) is 20.8. The summed E-state index contributed by atoms with van der Waals surface area (Å²) in [6.07, 6.45) is 0. The molecular formula is C21H25N5O2S. The van der Waals surface area contributed by atoms with Crippen LogP contribution in [0.25, 0.3) is 11.3 Å². The molecule has 1 aromatic carbocycles. The van der Waals surface area contributed by atoms with E-state index < -0.39 is 4.92 Å². The molecule has 0 aliphatic heterocycles. The third-order valence-electron chi connectivity index (χ3n) is 4.22. The molecule has 0 aliphatic rings. The van der Waals surface area contributed by atoms with Crippen LogP contribution in [0.1, 0.15) is 38.6 Å². The quantitative estimate of drug-likeness (QED) is 0.346. The van der Waals surface area contributed by atoms with Gasteiger partial charge in [-0.3, -0.25) is 10.1 Å². The molecule has 3 rings (SSSR count). The lowest BCUT2D eigenvalue weighted by atomic mass is 10.1. The highest BCUT2D eigenvalue weighted by molar-refractivity contribution is 7.10. The van der Waals surface area contributed by atoms with E-state index >= 15 is 0 Å². The first-order valence-corrected chi connectivity index (χ1v) is 10.4. The van der Waals surface area contributed by atoms with Crippen LogP contribution in [0.2, 0.25) is 0 Å². The molecule has 0 atom stereocenters. The van der Waals surface area contributed by atoms with Gasteiger partial charge in [-0.1, -0.05) is 39.8 Å². The molecule has 0 saturated heterocycles. The Hall–Kier alpha value is -3.00. The Morgan fingerprint density at radius 3 is 2.38 bits per heavy atom. The van der Waals surface area contributed by atoms with Gasteiger partial charge in [0.05, 0.1) is 15.6 Å². The molecule has 0 fully saturated rings. The van der Waals surface area contributed by atoms with Gasteiger partial charge in [0.1, 0.15) is 5.82 Å². The fourth-order valence-electron chi connectivity index (χ4n) is 2.64. The fourth-order valence-corrected chi connectivity index (χ4v) is 3.49. The molecule has 0 unspecified atom stereocenters. The molecule has 8 heteroatoms. The molecule has 2 N–H and O–H groups in total. The van der Waals surface area contributed by atoms with Crippen LogP contribution < -0.4 is 10.6 Å². The van der Waals surface area contributed by atoms with E-state index in [1.165, 1.54) is 6.07 Å². The SMILES string of the molecule is CC(C)CNc1ccc([N+](=O)[O-])c(Nc2ccc(-c3csc(C(C)C)n3)cc2)n1. The summed E-state index contributed by atoms with van der Waals surface area (Å²) in [6.45, 7) is 9.17. The first kappa shape index (κ1) is 20.7. The molecule has 3 aromatic rings. The molecule has 0 saturated carbocycles. The van der Waals surface area contributed by atoms with Crippen molar-refractivity contribution in [3.63, 3.8) is 0 Å². The Morgan fingerprint density at radius 2 is 1.79 bits per heavy atom. The largest absolute Gasteiger partial charge is 0.370 e. The number of nitrogens with zero attached hydrogens (tertiary/aromatic N) is 3. The first-order valence-electron chi connectivity index (χ1n) is 9.55. The van der Waals surface area contributed by atoms with Crippen molar-refractivity contribution >= 4 is 34.3 Å². The zero-order chi connectivity index (χ0) is 21.0. The monoisotopic (exact) mass is 411 g/mol. The maximum absolute atomic E-state index is 11.4. The first-order chi connectivity index (χ1) is 13.8. The summed E-state index contributed by atoms with van der Waals surface area (Å²) in [6, 6.07) is 10.8. The topological polar surface area (TPSA) is 93.0 Å². The van der Waals surface area contributed by atoms with E-state index in [-0.39, 0.29) is 11.5 Å². The second kappa shape index (κ2) is 9.00. The number of hydrogen-bond donors (Lipinski definition) is 2. The predicted octanol–water partition coefficient (Wildman–Crippen LogP) is 6.05. The minimum absolute atomic E-state index is 0.0646. The normalized spacial score (nSPS) is 11.1. The molecule has 2 heterocycles. The van der Waals surface area contributed by atoms with Gasteiger partial charge in [0.15, 0.2) is 0 Å². The van der Waals surface area contributed by atoms with Gasteiger partial charge >= 0.3 is 5.69 Å². The van der Waals surface area contributed by atoms with Gasteiger partial charge in [-0.15, -0.1) is 11.3 Å². The lowest BCUT2D eigenvalue weighted by Crippen LogP contribution is -2.10. The van der Waals surface area contributed by atoms with Crippen molar-refractivity contribution < 1.29 is 4.92 Å². The number of pyridine rings is 1. The Bertz CT molecular complexity index is 983. The van der Waals surface area contributed by atoms with Crippen molar-refractivity contribution in [3.05, 3.63) is 56.9 Å². The summed E-state index contributed by atoms with van der Waals surface area (Å²) < 4.78 is 0. The zero-order valence-electron chi connectivity index (χ0n) is 17.0. The number of anilines is 3. The van der Waals surface area contributed by atoms with E-state index in [4.69, 9.17) is 0 Å². The highest BCUT2D eigenvalue weighted by Crippen LogP contribution is 2.30.